The lowest BCUT2D eigenvalue weighted by Crippen LogP contribution is -2.33. The number of nitrogens with zero attached hydrogens (tertiary/aromatic N) is 3. The van der Waals surface area contributed by atoms with Crippen LogP contribution in [0.4, 0.5) is 0 Å². The van der Waals surface area contributed by atoms with Gasteiger partial charge >= 0.3 is 0 Å². The van der Waals surface area contributed by atoms with Gasteiger partial charge in [0.15, 0.2) is 11.5 Å². The fraction of sp³-hybridized carbons (Fsp3) is 0.407. The number of benzene rings is 1. The normalized spacial score (nSPS) is 15.6. The first-order valence-electron chi connectivity index (χ1n) is 12.2. The zero-order chi connectivity index (χ0) is 26.4. The van der Waals surface area contributed by atoms with E-state index in [2.05, 4.69) is 0 Å². The van der Waals surface area contributed by atoms with Gasteiger partial charge in [0.1, 0.15) is 4.83 Å². The van der Waals surface area contributed by atoms with Crippen LogP contribution in [0.1, 0.15) is 49.7 Å². The van der Waals surface area contributed by atoms with Crippen molar-refractivity contribution >= 4 is 50.9 Å². The van der Waals surface area contributed by atoms with Crippen LogP contribution in [-0.2, 0) is 33.9 Å². The van der Waals surface area contributed by atoms with Crippen molar-refractivity contribution in [3.63, 3.8) is 0 Å². The van der Waals surface area contributed by atoms with Crippen LogP contribution in [-0.4, -0.2) is 52.3 Å². The number of ether oxygens (including phenoxy) is 2. The van der Waals surface area contributed by atoms with E-state index in [1.54, 1.807) is 14.0 Å². The van der Waals surface area contributed by atoms with Crippen LogP contribution in [0.15, 0.2) is 18.2 Å². The Balaban J connectivity index is 1.70. The number of likely N-dealkylation sites (tertiary alicyclic amines) is 1. The van der Waals surface area contributed by atoms with Crippen LogP contribution in [0.3, 0.4) is 0 Å². The van der Waals surface area contributed by atoms with Gasteiger partial charge in [0.05, 0.1) is 37.0 Å². The molecule has 2 aliphatic heterocycles. The fourth-order valence-electron chi connectivity index (χ4n) is 4.92. The van der Waals surface area contributed by atoms with Crippen molar-refractivity contribution in [1.29, 1.82) is 0 Å². The van der Waals surface area contributed by atoms with Gasteiger partial charge in [-0.2, -0.15) is 0 Å². The zero-order valence-corrected chi connectivity index (χ0v) is 22.8. The van der Waals surface area contributed by atoms with Crippen molar-refractivity contribution in [3.8, 4) is 22.6 Å². The van der Waals surface area contributed by atoms with Crippen LogP contribution in [0.2, 0.25) is 5.02 Å². The Morgan fingerprint density at radius 2 is 1.89 bits per heavy atom. The highest BCUT2D eigenvalue weighted by Gasteiger charge is 2.32. The third kappa shape index (κ3) is 4.66. The van der Waals surface area contributed by atoms with Gasteiger partial charge in [-0.25, -0.2) is 4.98 Å². The van der Waals surface area contributed by atoms with Crippen LogP contribution in [0.5, 0.6) is 11.5 Å². The van der Waals surface area contributed by atoms with Gasteiger partial charge in [0.2, 0.25) is 17.7 Å². The number of hydrogen-bond donors (Lipinski definition) is 0. The molecule has 1 saturated heterocycles. The molecule has 0 N–H and O–H groups in total. The average Bonchev–Trinajstić information content (AvgIpc) is 3.38. The third-order valence-corrected chi connectivity index (χ3v) is 8.24. The summed E-state index contributed by atoms with van der Waals surface area (Å²) in [6, 6.07) is 5.69. The molecule has 0 unspecified atom stereocenters. The molecule has 0 saturated carbocycles. The maximum Gasteiger partial charge on any atom is 0.230 e. The van der Waals surface area contributed by atoms with Crippen molar-refractivity contribution in [1.82, 2.24) is 14.8 Å². The van der Waals surface area contributed by atoms with E-state index in [1.807, 2.05) is 36.9 Å². The quantitative estimate of drug-likeness (QED) is 0.409. The molecule has 10 heteroatoms. The smallest absolute Gasteiger partial charge is 0.230 e. The van der Waals surface area contributed by atoms with Crippen molar-refractivity contribution in [3.05, 3.63) is 39.4 Å². The summed E-state index contributed by atoms with van der Waals surface area (Å²) in [5, 5.41) is 1.34. The molecule has 0 atom stereocenters. The number of thiophene rings is 1. The van der Waals surface area contributed by atoms with E-state index in [1.165, 1.54) is 16.2 Å². The monoisotopic (exact) mass is 541 g/mol. The summed E-state index contributed by atoms with van der Waals surface area (Å²) < 4.78 is 11.5. The predicted octanol–water partition coefficient (Wildman–Crippen LogP) is 4.97. The van der Waals surface area contributed by atoms with E-state index in [0.717, 1.165) is 31.8 Å². The van der Waals surface area contributed by atoms with Gasteiger partial charge in [-0.05, 0) is 43.5 Å². The minimum absolute atomic E-state index is 0.0211. The highest BCUT2D eigenvalue weighted by Crippen LogP contribution is 2.46. The number of pyridine rings is 1. The first kappa shape index (κ1) is 25.5. The molecule has 2 aliphatic rings. The van der Waals surface area contributed by atoms with Crippen molar-refractivity contribution < 1.29 is 23.9 Å². The summed E-state index contributed by atoms with van der Waals surface area (Å²) in [7, 11) is 1.59. The summed E-state index contributed by atoms with van der Waals surface area (Å²) in [6.07, 6.45) is 1.07. The predicted molar refractivity (Wildman–Crippen MR) is 142 cm³/mol. The van der Waals surface area contributed by atoms with E-state index in [9.17, 15) is 14.4 Å². The number of hydrogen-bond acceptors (Lipinski definition) is 7. The number of aromatic nitrogens is 1. The molecule has 8 nitrogen and oxygen atoms in total. The maximum absolute atomic E-state index is 12.4. The molecule has 3 amide bonds. The Labute approximate surface area is 224 Å². The van der Waals surface area contributed by atoms with Crippen LogP contribution in [0, 0.1) is 0 Å². The number of carbonyl (C=O) groups is 3. The SMILES string of the molecule is COc1cc(-c2c(Cl)c(CN3C(=O)CCC3=O)nc3sc4c(c23)CCN(C(C)=O)C4)ccc1OC(C)C. The fourth-order valence-corrected chi connectivity index (χ4v) is 6.49. The number of methoxy groups -OCH3 is 1. The number of halogens is 1. The Bertz CT molecular complexity index is 1420. The lowest BCUT2D eigenvalue weighted by atomic mass is 9.95. The van der Waals surface area contributed by atoms with Crippen LogP contribution in [0.25, 0.3) is 21.3 Å². The average molecular weight is 542 g/mol. The molecule has 1 aromatic carbocycles. The third-order valence-electron chi connectivity index (χ3n) is 6.72. The number of rotatable bonds is 6. The van der Waals surface area contributed by atoms with Gasteiger partial charge in [0.25, 0.3) is 0 Å². The molecule has 4 heterocycles. The molecule has 0 spiro atoms. The summed E-state index contributed by atoms with van der Waals surface area (Å²) in [4.78, 5) is 46.5. The molecular weight excluding hydrogens is 514 g/mol. The topological polar surface area (TPSA) is 89.0 Å². The van der Waals surface area contributed by atoms with Crippen LogP contribution >= 0.6 is 22.9 Å². The minimum Gasteiger partial charge on any atom is -0.493 e. The molecule has 0 aliphatic carbocycles. The van der Waals surface area contributed by atoms with Crippen molar-refractivity contribution in [2.45, 2.75) is 59.2 Å². The summed E-state index contributed by atoms with van der Waals surface area (Å²) in [6.45, 7) is 6.64. The molecule has 1 fully saturated rings. The number of amides is 3. The summed E-state index contributed by atoms with van der Waals surface area (Å²) in [5.41, 5.74) is 3.20. The molecule has 194 valence electrons. The summed E-state index contributed by atoms with van der Waals surface area (Å²) in [5.74, 6) is 0.797. The maximum atomic E-state index is 12.4. The van der Waals surface area contributed by atoms with Gasteiger partial charge in [-0.3, -0.25) is 19.3 Å². The first-order valence-corrected chi connectivity index (χ1v) is 13.4. The second kappa shape index (κ2) is 9.95. The number of carbonyl (C=O) groups excluding carboxylic acids is 3. The Morgan fingerprint density at radius 1 is 1.16 bits per heavy atom. The lowest BCUT2D eigenvalue weighted by Gasteiger charge is -2.26. The Kier molecular flexibility index (Phi) is 6.85. The largest absolute Gasteiger partial charge is 0.493 e. The Morgan fingerprint density at radius 3 is 2.54 bits per heavy atom. The lowest BCUT2D eigenvalue weighted by molar-refractivity contribution is -0.139. The molecule has 2 aromatic heterocycles. The van der Waals surface area contributed by atoms with E-state index < -0.39 is 0 Å². The first-order chi connectivity index (χ1) is 17.7. The van der Waals surface area contributed by atoms with E-state index >= 15 is 0 Å². The standard InChI is InChI=1S/C27H28ClN3O5S/c1-14(2)36-19-6-5-16(11-20(19)35-4)24-25-17-9-10-30(15(3)32)13-21(17)37-27(25)29-18(26(24)28)12-31-22(33)7-8-23(31)34/h5-6,11,14H,7-10,12-13H2,1-4H3. The molecule has 37 heavy (non-hydrogen) atoms. The molecule has 0 radical (unpaired) electrons. The number of imide groups is 1. The zero-order valence-electron chi connectivity index (χ0n) is 21.2. The molecule has 3 aromatic rings. The highest BCUT2D eigenvalue weighted by atomic mass is 35.5. The second-order valence-corrected chi connectivity index (χ2v) is 11.0. The molecule has 0 bridgehead atoms. The van der Waals surface area contributed by atoms with E-state index in [-0.39, 0.29) is 43.2 Å². The Hall–Kier alpha value is -3.17. The van der Waals surface area contributed by atoms with Crippen LogP contribution < -0.4 is 9.47 Å². The second-order valence-electron chi connectivity index (χ2n) is 9.53. The van der Waals surface area contributed by atoms with Crippen molar-refractivity contribution in [2.24, 2.45) is 0 Å². The minimum atomic E-state index is -0.219. The van der Waals surface area contributed by atoms with E-state index in [4.69, 9.17) is 26.1 Å². The van der Waals surface area contributed by atoms with Crippen molar-refractivity contribution in [2.75, 3.05) is 13.7 Å². The summed E-state index contributed by atoms with van der Waals surface area (Å²) >= 11 is 8.58. The molecule has 5 rings (SSSR count). The molecular formula is C27H28ClN3O5S. The van der Waals surface area contributed by atoms with E-state index in [0.29, 0.717) is 41.7 Å². The van der Waals surface area contributed by atoms with Gasteiger partial charge in [-0.15, -0.1) is 11.3 Å². The number of fused-ring (bicyclic) bond motifs is 3. The van der Waals surface area contributed by atoms with Gasteiger partial charge in [-0.1, -0.05) is 17.7 Å². The highest BCUT2D eigenvalue weighted by molar-refractivity contribution is 7.19. The van der Waals surface area contributed by atoms with Gasteiger partial charge in [0, 0.05) is 42.1 Å². The van der Waals surface area contributed by atoms with Gasteiger partial charge < -0.3 is 14.4 Å².